The third kappa shape index (κ3) is 3.59. The maximum absolute atomic E-state index is 13.0. The second kappa shape index (κ2) is 7.56. The summed E-state index contributed by atoms with van der Waals surface area (Å²) in [5, 5.41) is 21.1. The van der Waals surface area contributed by atoms with Crippen LogP contribution in [0, 0.1) is 23.7 Å². The third-order valence-electron chi connectivity index (χ3n) is 8.08. The highest BCUT2D eigenvalue weighted by atomic mass is 16.5. The van der Waals surface area contributed by atoms with Crippen molar-refractivity contribution in [2.24, 2.45) is 23.7 Å². The molecule has 1 aromatic rings. The van der Waals surface area contributed by atoms with Crippen molar-refractivity contribution < 1.29 is 24.6 Å². The van der Waals surface area contributed by atoms with E-state index in [-0.39, 0.29) is 23.5 Å². The highest BCUT2D eigenvalue weighted by molar-refractivity contribution is 5.94. The van der Waals surface area contributed by atoms with E-state index in [1.165, 1.54) is 19.3 Å². The van der Waals surface area contributed by atoms with Crippen LogP contribution in [0.15, 0.2) is 24.3 Å². The number of carbonyl (C=O) groups is 2. The first-order valence-electron chi connectivity index (χ1n) is 11.4. The molecule has 0 spiro atoms. The summed E-state index contributed by atoms with van der Waals surface area (Å²) in [4.78, 5) is 24.1. The Hall–Kier alpha value is -2.08. The van der Waals surface area contributed by atoms with Gasteiger partial charge in [-0.3, -0.25) is 14.8 Å². The van der Waals surface area contributed by atoms with Crippen molar-refractivity contribution in [3.63, 3.8) is 0 Å². The Bertz CT molecular complexity index is 776. The number of nitrogens with zero attached hydrogens (tertiary/aromatic N) is 1. The number of aliphatic carboxylic acids is 1. The van der Waals surface area contributed by atoms with Gasteiger partial charge in [0.05, 0.1) is 17.6 Å². The topological polar surface area (TPSA) is 87.1 Å². The molecule has 0 heterocycles. The van der Waals surface area contributed by atoms with E-state index < -0.39 is 5.97 Å². The van der Waals surface area contributed by atoms with E-state index in [1.54, 1.807) is 24.3 Å². The van der Waals surface area contributed by atoms with Gasteiger partial charge >= 0.3 is 5.97 Å². The van der Waals surface area contributed by atoms with Crippen LogP contribution in [-0.4, -0.2) is 38.9 Å². The summed E-state index contributed by atoms with van der Waals surface area (Å²) in [6, 6.07) is 7.02. The zero-order valence-electron chi connectivity index (χ0n) is 17.3. The molecule has 30 heavy (non-hydrogen) atoms. The number of hydrogen-bond donors (Lipinski definition) is 2. The monoisotopic (exact) mass is 413 g/mol. The van der Waals surface area contributed by atoms with Crippen LogP contribution in [-0.2, 0) is 4.79 Å². The first-order chi connectivity index (χ1) is 14.4. The Balaban J connectivity index is 1.21. The number of carboxylic acids is 1. The number of rotatable bonds is 5. The second-order valence-corrected chi connectivity index (χ2v) is 10.2. The molecule has 0 saturated heterocycles. The van der Waals surface area contributed by atoms with Crippen LogP contribution >= 0.6 is 0 Å². The van der Waals surface area contributed by atoms with Crippen molar-refractivity contribution in [2.75, 3.05) is 0 Å². The number of amides is 1. The standard InChI is InChI=1S/C24H31NO5/c26-22(25(29)24-12-15-9-16(13-24)11-17(10-15)14-24)18-1-5-20(6-2-18)30-21-7-3-19(4-8-21)23(27)28/h1-2,5-6,15-17,19,21,29H,3-4,7-14H2,(H,27,28). The van der Waals surface area contributed by atoms with Gasteiger partial charge in [-0.1, -0.05) is 0 Å². The molecule has 0 aromatic heterocycles. The number of ether oxygens (including phenoxy) is 1. The van der Waals surface area contributed by atoms with E-state index in [4.69, 9.17) is 9.84 Å². The lowest BCUT2D eigenvalue weighted by molar-refractivity contribution is -0.193. The van der Waals surface area contributed by atoms with Crippen molar-refractivity contribution in [3.8, 4) is 5.75 Å². The van der Waals surface area contributed by atoms with Gasteiger partial charge < -0.3 is 9.84 Å². The fourth-order valence-electron chi connectivity index (χ4n) is 6.96. The van der Waals surface area contributed by atoms with Gasteiger partial charge in [-0.15, -0.1) is 0 Å². The van der Waals surface area contributed by atoms with E-state index in [0.29, 0.717) is 41.9 Å². The Kier molecular flexibility index (Phi) is 5.00. The molecule has 5 saturated carbocycles. The Morgan fingerprint density at radius 1 is 0.900 bits per heavy atom. The molecule has 4 bridgehead atoms. The molecular formula is C24H31NO5. The van der Waals surface area contributed by atoms with Gasteiger partial charge in [0.1, 0.15) is 5.75 Å². The number of hydroxylamine groups is 2. The van der Waals surface area contributed by atoms with E-state index in [2.05, 4.69) is 0 Å². The summed E-state index contributed by atoms with van der Waals surface area (Å²) in [6.07, 6.45) is 9.35. The van der Waals surface area contributed by atoms with Crippen molar-refractivity contribution in [1.29, 1.82) is 0 Å². The van der Waals surface area contributed by atoms with Crippen LogP contribution in [0.5, 0.6) is 5.75 Å². The fraction of sp³-hybridized carbons (Fsp3) is 0.667. The summed E-state index contributed by atoms with van der Waals surface area (Å²) < 4.78 is 6.00. The SMILES string of the molecule is O=C(O)C1CCC(Oc2ccc(C(=O)N(O)C34CC5CC(CC(C5)C3)C4)cc2)CC1. The van der Waals surface area contributed by atoms with Crippen LogP contribution in [0.3, 0.4) is 0 Å². The lowest BCUT2D eigenvalue weighted by atomic mass is 9.53. The summed E-state index contributed by atoms with van der Waals surface area (Å²) in [7, 11) is 0. The van der Waals surface area contributed by atoms with Crippen LogP contribution in [0.2, 0.25) is 0 Å². The van der Waals surface area contributed by atoms with Gasteiger partial charge in [0.15, 0.2) is 0 Å². The smallest absolute Gasteiger partial charge is 0.306 e. The molecule has 5 aliphatic carbocycles. The maximum Gasteiger partial charge on any atom is 0.306 e. The van der Waals surface area contributed by atoms with E-state index in [0.717, 1.165) is 37.2 Å². The van der Waals surface area contributed by atoms with Crippen LogP contribution in [0.25, 0.3) is 0 Å². The predicted molar refractivity (Wildman–Crippen MR) is 109 cm³/mol. The van der Waals surface area contributed by atoms with Crippen LogP contribution in [0.1, 0.15) is 74.6 Å². The van der Waals surface area contributed by atoms with Gasteiger partial charge in [-0.25, -0.2) is 5.06 Å². The van der Waals surface area contributed by atoms with Gasteiger partial charge in [-0.2, -0.15) is 0 Å². The largest absolute Gasteiger partial charge is 0.490 e. The van der Waals surface area contributed by atoms with Gasteiger partial charge in [-0.05, 0) is 106 Å². The second-order valence-electron chi connectivity index (χ2n) is 10.2. The molecule has 0 unspecified atom stereocenters. The molecule has 6 rings (SSSR count). The fourth-order valence-corrected chi connectivity index (χ4v) is 6.96. The molecule has 6 nitrogen and oxygen atoms in total. The normalized spacial score (nSPS) is 37.0. The number of hydrogen-bond acceptors (Lipinski definition) is 4. The molecular weight excluding hydrogens is 382 g/mol. The first-order valence-corrected chi connectivity index (χ1v) is 11.4. The van der Waals surface area contributed by atoms with Crippen molar-refractivity contribution >= 4 is 11.9 Å². The van der Waals surface area contributed by atoms with Crippen LogP contribution in [0.4, 0.5) is 0 Å². The third-order valence-corrected chi connectivity index (χ3v) is 8.08. The van der Waals surface area contributed by atoms with Crippen LogP contribution < -0.4 is 4.74 Å². The lowest BCUT2D eigenvalue weighted by Crippen LogP contribution is -2.60. The Morgan fingerprint density at radius 2 is 1.43 bits per heavy atom. The molecule has 162 valence electrons. The predicted octanol–water partition coefficient (Wildman–Crippen LogP) is 4.51. The average Bonchev–Trinajstić information content (AvgIpc) is 2.73. The molecule has 1 aromatic carbocycles. The zero-order valence-corrected chi connectivity index (χ0v) is 17.3. The molecule has 5 aliphatic rings. The van der Waals surface area contributed by atoms with Gasteiger partial charge in [0.25, 0.3) is 5.91 Å². The highest BCUT2D eigenvalue weighted by Gasteiger charge is 2.55. The zero-order chi connectivity index (χ0) is 20.9. The number of carboxylic acid groups (broad SMARTS) is 1. The minimum Gasteiger partial charge on any atom is -0.490 e. The van der Waals surface area contributed by atoms with E-state index >= 15 is 0 Å². The molecule has 1 amide bonds. The minimum atomic E-state index is -0.719. The molecule has 0 radical (unpaired) electrons. The Morgan fingerprint density at radius 3 is 1.93 bits per heavy atom. The quantitative estimate of drug-likeness (QED) is 0.548. The molecule has 0 aliphatic heterocycles. The Labute approximate surface area is 177 Å². The summed E-state index contributed by atoms with van der Waals surface area (Å²) >= 11 is 0. The van der Waals surface area contributed by atoms with Crippen molar-refractivity contribution in [3.05, 3.63) is 29.8 Å². The lowest BCUT2D eigenvalue weighted by Gasteiger charge is -2.58. The summed E-state index contributed by atoms with van der Waals surface area (Å²) in [5.41, 5.74) is 0.110. The van der Waals surface area contributed by atoms with Crippen molar-refractivity contribution in [2.45, 2.75) is 75.9 Å². The van der Waals surface area contributed by atoms with Crippen molar-refractivity contribution in [1.82, 2.24) is 5.06 Å². The first kappa shape index (κ1) is 19.9. The molecule has 0 atom stereocenters. The minimum absolute atomic E-state index is 0.0171. The highest BCUT2D eigenvalue weighted by Crippen LogP contribution is 2.57. The number of benzene rings is 1. The summed E-state index contributed by atoms with van der Waals surface area (Å²) in [6.45, 7) is 0. The van der Waals surface area contributed by atoms with Gasteiger partial charge in [0.2, 0.25) is 0 Å². The molecule has 5 fully saturated rings. The van der Waals surface area contributed by atoms with E-state index in [1.807, 2.05) is 0 Å². The average molecular weight is 414 g/mol. The maximum atomic E-state index is 13.0. The van der Waals surface area contributed by atoms with Gasteiger partial charge in [0, 0.05) is 5.56 Å². The molecule has 2 N–H and O–H groups in total. The van der Waals surface area contributed by atoms with E-state index in [9.17, 15) is 14.8 Å². The summed E-state index contributed by atoms with van der Waals surface area (Å²) in [5.74, 6) is 1.37. The molecule has 6 heteroatoms. The number of carbonyl (C=O) groups excluding carboxylic acids is 1.